The van der Waals surface area contributed by atoms with Gasteiger partial charge >= 0.3 is 0 Å². The molecular formula is C18H15NO5. The summed E-state index contributed by atoms with van der Waals surface area (Å²) in [7, 11) is 0. The van der Waals surface area contributed by atoms with E-state index < -0.39 is 4.92 Å². The summed E-state index contributed by atoms with van der Waals surface area (Å²) in [4.78, 5) is 23.5. The average molecular weight is 325 g/mol. The summed E-state index contributed by atoms with van der Waals surface area (Å²) in [6.45, 7) is 3.78. The van der Waals surface area contributed by atoms with Gasteiger partial charge in [0.15, 0.2) is 5.78 Å². The van der Waals surface area contributed by atoms with Crippen molar-refractivity contribution >= 4 is 22.4 Å². The maximum Gasteiger partial charge on any atom is 0.270 e. The normalized spacial score (nSPS) is 11.1. The lowest BCUT2D eigenvalue weighted by atomic mass is 9.96. The van der Waals surface area contributed by atoms with Crippen molar-refractivity contribution in [3.8, 4) is 5.75 Å². The van der Waals surface area contributed by atoms with Gasteiger partial charge < -0.3 is 9.52 Å². The number of hydrogen-bond donors (Lipinski definition) is 1. The smallest absolute Gasteiger partial charge is 0.270 e. The van der Waals surface area contributed by atoms with Gasteiger partial charge in [0.1, 0.15) is 17.1 Å². The third-order valence-electron chi connectivity index (χ3n) is 3.79. The Hall–Kier alpha value is -3.15. The Balaban J connectivity index is 2.24. The molecule has 0 radical (unpaired) electrons. The van der Waals surface area contributed by atoms with Crippen LogP contribution in [-0.4, -0.2) is 15.8 Å². The minimum atomic E-state index is -0.504. The maximum absolute atomic E-state index is 12.9. The van der Waals surface area contributed by atoms with Gasteiger partial charge in [0.25, 0.3) is 5.69 Å². The molecule has 0 spiro atoms. The summed E-state index contributed by atoms with van der Waals surface area (Å²) >= 11 is 0. The van der Waals surface area contributed by atoms with Gasteiger partial charge in [-0.25, -0.2) is 0 Å². The largest absolute Gasteiger partial charge is 0.508 e. The molecule has 1 heterocycles. The Bertz CT molecular complexity index is 938. The number of nitro benzene ring substituents is 1. The quantitative estimate of drug-likeness (QED) is 0.436. The van der Waals surface area contributed by atoms with Crippen molar-refractivity contribution < 1.29 is 19.2 Å². The number of phenolic OH excluding ortho intramolecular Hbond substituents is 1. The van der Waals surface area contributed by atoms with Crippen LogP contribution in [0.5, 0.6) is 5.75 Å². The van der Waals surface area contributed by atoms with E-state index in [0.717, 1.165) is 0 Å². The van der Waals surface area contributed by atoms with Crippen molar-refractivity contribution in [2.24, 2.45) is 0 Å². The van der Waals surface area contributed by atoms with Crippen LogP contribution in [0.3, 0.4) is 0 Å². The van der Waals surface area contributed by atoms with Crippen molar-refractivity contribution in [1.82, 2.24) is 0 Å². The molecule has 3 aromatic rings. The van der Waals surface area contributed by atoms with E-state index in [1.807, 2.05) is 13.8 Å². The number of benzene rings is 2. The molecular weight excluding hydrogens is 310 g/mol. The number of non-ortho nitro benzene ring substituents is 1. The molecule has 0 fully saturated rings. The number of rotatable bonds is 4. The fourth-order valence-corrected chi connectivity index (χ4v) is 2.62. The van der Waals surface area contributed by atoms with Crippen LogP contribution in [0, 0.1) is 10.1 Å². The zero-order chi connectivity index (χ0) is 17.4. The van der Waals surface area contributed by atoms with Crippen LogP contribution in [0.15, 0.2) is 46.9 Å². The van der Waals surface area contributed by atoms with Crippen LogP contribution in [0.1, 0.15) is 41.4 Å². The van der Waals surface area contributed by atoms with Gasteiger partial charge in [-0.3, -0.25) is 14.9 Å². The van der Waals surface area contributed by atoms with E-state index in [1.54, 1.807) is 0 Å². The molecule has 1 aromatic heterocycles. The van der Waals surface area contributed by atoms with Gasteiger partial charge in [0, 0.05) is 29.0 Å². The number of nitrogens with zero attached hydrogens (tertiary/aromatic N) is 1. The highest BCUT2D eigenvalue weighted by Crippen LogP contribution is 2.34. The molecule has 3 rings (SSSR count). The molecule has 0 aliphatic rings. The second-order valence-electron chi connectivity index (χ2n) is 5.81. The number of phenols is 1. The minimum absolute atomic E-state index is 0.0586. The average Bonchev–Trinajstić information content (AvgIpc) is 2.93. The van der Waals surface area contributed by atoms with Crippen LogP contribution < -0.4 is 0 Å². The summed E-state index contributed by atoms with van der Waals surface area (Å²) in [5.41, 5.74) is 1.04. The monoisotopic (exact) mass is 325 g/mol. The molecule has 6 nitrogen and oxygen atoms in total. The Morgan fingerprint density at radius 3 is 2.42 bits per heavy atom. The van der Waals surface area contributed by atoms with Crippen molar-refractivity contribution in [2.45, 2.75) is 19.8 Å². The van der Waals surface area contributed by atoms with Crippen LogP contribution in [0.25, 0.3) is 11.0 Å². The number of ketones is 1. The van der Waals surface area contributed by atoms with Gasteiger partial charge in [-0.1, -0.05) is 13.8 Å². The number of nitro groups is 1. The van der Waals surface area contributed by atoms with Gasteiger partial charge in [-0.05, 0) is 30.3 Å². The number of carbonyl (C=O) groups excluding carboxylic acids is 1. The first-order valence-corrected chi connectivity index (χ1v) is 7.43. The Kier molecular flexibility index (Phi) is 3.81. The highest BCUT2D eigenvalue weighted by molar-refractivity contribution is 6.17. The van der Waals surface area contributed by atoms with Gasteiger partial charge in [-0.2, -0.15) is 0 Å². The predicted molar refractivity (Wildman–Crippen MR) is 88.5 cm³/mol. The molecule has 0 bridgehead atoms. The van der Waals surface area contributed by atoms with E-state index in [2.05, 4.69) is 0 Å². The first-order valence-electron chi connectivity index (χ1n) is 7.43. The van der Waals surface area contributed by atoms with E-state index in [1.165, 1.54) is 42.5 Å². The minimum Gasteiger partial charge on any atom is -0.508 e. The van der Waals surface area contributed by atoms with E-state index in [0.29, 0.717) is 27.9 Å². The van der Waals surface area contributed by atoms with Crippen molar-refractivity contribution in [3.63, 3.8) is 0 Å². The third kappa shape index (κ3) is 2.62. The molecule has 0 aliphatic heterocycles. The Labute approximate surface area is 137 Å². The van der Waals surface area contributed by atoms with Gasteiger partial charge in [0.2, 0.25) is 0 Å². The second-order valence-corrected chi connectivity index (χ2v) is 5.81. The zero-order valence-electron chi connectivity index (χ0n) is 13.1. The zero-order valence-corrected chi connectivity index (χ0v) is 13.1. The maximum atomic E-state index is 12.9. The second kappa shape index (κ2) is 5.81. The molecule has 6 heteroatoms. The molecule has 0 unspecified atom stereocenters. The van der Waals surface area contributed by atoms with E-state index in [4.69, 9.17) is 4.42 Å². The Morgan fingerprint density at radius 2 is 1.83 bits per heavy atom. The number of furan rings is 1. The number of aromatic hydroxyl groups is 1. The highest BCUT2D eigenvalue weighted by atomic mass is 16.6. The van der Waals surface area contributed by atoms with Crippen LogP contribution in [0.4, 0.5) is 5.69 Å². The molecule has 122 valence electrons. The molecule has 24 heavy (non-hydrogen) atoms. The lowest BCUT2D eigenvalue weighted by molar-refractivity contribution is -0.384. The SMILES string of the molecule is CC(C)c1oc2ccc([N+](=O)[O-])cc2c1C(=O)c1ccc(O)cc1. The van der Waals surface area contributed by atoms with Crippen LogP contribution in [-0.2, 0) is 0 Å². The number of carbonyl (C=O) groups is 1. The van der Waals surface area contributed by atoms with Crippen LogP contribution >= 0.6 is 0 Å². The molecule has 0 atom stereocenters. The van der Waals surface area contributed by atoms with E-state index in [9.17, 15) is 20.0 Å². The standard InChI is InChI=1S/C18H15NO5/c1-10(2)18-16(17(21)11-3-6-13(20)7-4-11)14-9-12(19(22)23)5-8-15(14)24-18/h3-10,20H,1-2H3. The summed E-state index contributed by atoms with van der Waals surface area (Å²) in [5.74, 6) is 0.192. The molecule has 0 amide bonds. The molecule has 0 saturated carbocycles. The first kappa shape index (κ1) is 15.7. The van der Waals surface area contributed by atoms with Gasteiger partial charge in [-0.15, -0.1) is 0 Å². The van der Waals surface area contributed by atoms with E-state index in [-0.39, 0.29) is 23.1 Å². The lowest BCUT2D eigenvalue weighted by Crippen LogP contribution is -2.04. The summed E-state index contributed by atoms with van der Waals surface area (Å²) in [5, 5.41) is 20.8. The summed E-state index contributed by atoms with van der Waals surface area (Å²) in [6.07, 6.45) is 0. The molecule has 0 aliphatic carbocycles. The summed E-state index contributed by atoms with van der Waals surface area (Å²) < 4.78 is 5.77. The fourth-order valence-electron chi connectivity index (χ4n) is 2.62. The fraction of sp³-hybridized carbons (Fsp3) is 0.167. The number of fused-ring (bicyclic) bond motifs is 1. The molecule has 2 aromatic carbocycles. The molecule has 1 N–H and O–H groups in total. The Morgan fingerprint density at radius 1 is 1.17 bits per heavy atom. The van der Waals surface area contributed by atoms with Crippen molar-refractivity contribution in [2.75, 3.05) is 0 Å². The van der Waals surface area contributed by atoms with Crippen molar-refractivity contribution in [1.29, 1.82) is 0 Å². The number of hydrogen-bond acceptors (Lipinski definition) is 5. The first-order chi connectivity index (χ1) is 11.4. The predicted octanol–water partition coefficient (Wildman–Crippen LogP) is 4.40. The topological polar surface area (TPSA) is 93.6 Å². The van der Waals surface area contributed by atoms with Gasteiger partial charge in [0.05, 0.1) is 10.5 Å². The van der Waals surface area contributed by atoms with E-state index >= 15 is 0 Å². The van der Waals surface area contributed by atoms with Crippen LogP contribution in [0.2, 0.25) is 0 Å². The third-order valence-corrected chi connectivity index (χ3v) is 3.79. The van der Waals surface area contributed by atoms with Crippen molar-refractivity contribution in [3.05, 3.63) is 69.5 Å². The lowest BCUT2D eigenvalue weighted by Gasteiger charge is -2.05. The molecule has 0 saturated heterocycles. The highest BCUT2D eigenvalue weighted by Gasteiger charge is 2.25. The summed E-state index contributed by atoms with van der Waals surface area (Å²) in [6, 6.07) is 10.1.